The summed E-state index contributed by atoms with van der Waals surface area (Å²) in [5.74, 6) is -0.759. The fourth-order valence-electron chi connectivity index (χ4n) is 0.778. The number of hydrogen-bond acceptors (Lipinski definition) is 4. The predicted molar refractivity (Wildman–Crippen MR) is 39.0 cm³/mol. The first kappa shape index (κ1) is 7.87. The second-order valence-electron chi connectivity index (χ2n) is 2.23. The number of carboxylic acid groups (broad SMARTS) is 1. The van der Waals surface area contributed by atoms with Gasteiger partial charge in [0.25, 0.3) is 0 Å². The second kappa shape index (κ2) is 2.79. The molecule has 0 aromatic carbocycles. The lowest BCUT2D eigenvalue weighted by Crippen LogP contribution is -2.36. The third kappa shape index (κ3) is 1.62. The molecule has 0 bridgehead atoms. The van der Waals surface area contributed by atoms with Crippen molar-refractivity contribution in [3.8, 4) is 0 Å². The van der Waals surface area contributed by atoms with Crippen molar-refractivity contribution in [3.63, 3.8) is 0 Å². The zero-order valence-corrected chi connectivity index (χ0v) is 5.93. The second-order valence-corrected chi connectivity index (χ2v) is 2.23. The lowest BCUT2D eigenvalue weighted by Gasteiger charge is -2.14. The highest BCUT2D eigenvalue weighted by Crippen LogP contribution is 2.03. The molecule has 2 atom stereocenters. The van der Waals surface area contributed by atoms with Crippen LogP contribution < -0.4 is 0 Å². The minimum absolute atomic E-state index is 0.378. The van der Waals surface area contributed by atoms with Crippen LogP contribution in [0.2, 0.25) is 0 Å². The molecule has 11 heavy (non-hydrogen) atoms. The van der Waals surface area contributed by atoms with Crippen LogP contribution in [0.25, 0.3) is 0 Å². The first-order valence-electron chi connectivity index (χ1n) is 3.10. The molecule has 0 spiro atoms. The van der Waals surface area contributed by atoms with Crippen LogP contribution in [0, 0.1) is 0 Å². The molecule has 60 valence electrons. The molecule has 0 saturated heterocycles. The Labute approximate surface area is 63.1 Å². The van der Waals surface area contributed by atoms with Gasteiger partial charge in [-0.2, -0.15) is 0 Å². The number of aliphatic hydroxyl groups excluding tert-OH is 1. The molecule has 1 aliphatic heterocycles. The molecule has 1 heterocycles. The molecule has 0 saturated carbocycles. The smallest absolute Gasteiger partial charge is 0.331 e. The lowest BCUT2D eigenvalue weighted by molar-refractivity contribution is -0.140. The maximum absolute atomic E-state index is 10.4. The number of hydrogen-bond donors (Lipinski definition) is 2. The molecule has 0 unspecified atom stereocenters. The summed E-state index contributed by atoms with van der Waals surface area (Å²) in [4.78, 5) is 17.7. The van der Waals surface area contributed by atoms with E-state index in [1.54, 1.807) is 6.92 Å². The van der Waals surface area contributed by atoms with Crippen LogP contribution in [-0.4, -0.2) is 40.4 Å². The van der Waals surface area contributed by atoms with E-state index < -0.39 is 18.1 Å². The van der Waals surface area contributed by atoms with E-state index in [2.05, 4.69) is 9.98 Å². The molecule has 2 N–H and O–H groups in total. The highest BCUT2D eigenvalue weighted by atomic mass is 16.4. The van der Waals surface area contributed by atoms with E-state index in [1.165, 1.54) is 6.21 Å². The molecule has 1 rings (SSSR count). The Kier molecular flexibility index (Phi) is 2.00. The van der Waals surface area contributed by atoms with Crippen molar-refractivity contribution >= 4 is 18.0 Å². The van der Waals surface area contributed by atoms with Gasteiger partial charge in [-0.3, -0.25) is 4.99 Å². The van der Waals surface area contributed by atoms with Crippen LogP contribution in [0.3, 0.4) is 0 Å². The molecule has 0 fully saturated rings. The van der Waals surface area contributed by atoms with Crippen molar-refractivity contribution in [1.82, 2.24) is 0 Å². The van der Waals surface area contributed by atoms with E-state index in [9.17, 15) is 4.79 Å². The molecule has 0 amide bonds. The molecular weight excluding hydrogens is 148 g/mol. The summed E-state index contributed by atoms with van der Waals surface area (Å²) in [6.45, 7) is 1.58. The minimum atomic E-state index is -1.14. The standard InChI is InChI=1S/C6H8N2O3/c1-3-7-2-4(9)5(8-3)6(10)11/h2,4-5,9H,1H3,(H,10,11)/t4-,5-/m0/s1. The number of aliphatic hydroxyl groups is 1. The van der Waals surface area contributed by atoms with Gasteiger partial charge in [0.1, 0.15) is 11.9 Å². The predicted octanol–water partition coefficient (Wildman–Crippen LogP) is -0.697. The van der Waals surface area contributed by atoms with Gasteiger partial charge in [-0.15, -0.1) is 0 Å². The van der Waals surface area contributed by atoms with Crippen LogP contribution in [-0.2, 0) is 4.79 Å². The van der Waals surface area contributed by atoms with E-state index in [-0.39, 0.29) is 0 Å². The number of rotatable bonds is 1. The summed E-state index contributed by atoms with van der Waals surface area (Å²) >= 11 is 0. The Bertz CT molecular complexity index is 234. The van der Waals surface area contributed by atoms with Crippen molar-refractivity contribution in [2.75, 3.05) is 0 Å². The van der Waals surface area contributed by atoms with E-state index in [0.717, 1.165) is 0 Å². The molecule has 0 radical (unpaired) electrons. The van der Waals surface area contributed by atoms with Gasteiger partial charge in [0, 0.05) is 6.21 Å². The van der Waals surface area contributed by atoms with Crippen molar-refractivity contribution < 1.29 is 15.0 Å². The molecule has 1 aliphatic rings. The third-order valence-corrected chi connectivity index (χ3v) is 1.32. The number of carboxylic acids is 1. The average molecular weight is 156 g/mol. The lowest BCUT2D eigenvalue weighted by atomic mass is 10.1. The van der Waals surface area contributed by atoms with Crippen LogP contribution in [0.1, 0.15) is 6.92 Å². The summed E-state index contributed by atoms with van der Waals surface area (Å²) in [7, 11) is 0. The molecule has 0 aliphatic carbocycles. The van der Waals surface area contributed by atoms with Crippen LogP contribution in [0.15, 0.2) is 9.98 Å². The maximum Gasteiger partial charge on any atom is 0.331 e. The van der Waals surface area contributed by atoms with Crippen molar-refractivity contribution in [3.05, 3.63) is 0 Å². The van der Waals surface area contributed by atoms with Crippen LogP contribution in [0.4, 0.5) is 0 Å². The number of aliphatic imine (C=N–C) groups is 2. The van der Waals surface area contributed by atoms with Gasteiger partial charge in [-0.1, -0.05) is 0 Å². The van der Waals surface area contributed by atoms with Gasteiger partial charge in [0.05, 0.1) is 0 Å². The maximum atomic E-state index is 10.4. The summed E-state index contributed by atoms with van der Waals surface area (Å²) < 4.78 is 0. The Morgan fingerprint density at radius 3 is 2.82 bits per heavy atom. The number of nitrogens with zero attached hydrogens (tertiary/aromatic N) is 2. The highest BCUT2D eigenvalue weighted by Gasteiger charge is 2.26. The van der Waals surface area contributed by atoms with E-state index in [0.29, 0.717) is 5.84 Å². The third-order valence-electron chi connectivity index (χ3n) is 1.32. The summed E-state index contributed by atoms with van der Waals surface area (Å²) in [6.07, 6.45) is 0.0809. The largest absolute Gasteiger partial charge is 0.480 e. The zero-order valence-electron chi connectivity index (χ0n) is 5.93. The SMILES string of the molecule is CC1=N[C@H](C(=O)O)[C@@H](O)C=N1. The van der Waals surface area contributed by atoms with Gasteiger partial charge in [-0.05, 0) is 6.92 Å². The highest BCUT2D eigenvalue weighted by molar-refractivity contribution is 5.95. The van der Waals surface area contributed by atoms with Gasteiger partial charge < -0.3 is 10.2 Å². The topological polar surface area (TPSA) is 82.2 Å². The first-order chi connectivity index (χ1) is 5.11. The number of amidine groups is 1. The van der Waals surface area contributed by atoms with Gasteiger partial charge >= 0.3 is 5.97 Å². The molecule has 0 aromatic heterocycles. The normalized spacial score (nSPS) is 29.8. The molecule has 5 heteroatoms. The Hall–Kier alpha value is -1.23. The quantitative estimate of drug-likeness (QED) is 0.526. The van der Waals surface area contributed by atoms with E-state index in [1.807, 2.05) is 0 Å². The monoisotopic (exact) mass is 156 g/mol. The van der Waals surface area contributed by atoms with E-state index >= 15 is 0 Å². The molecular formula is C6H8N2O3. The van der Waals surface area contributed by atoms with Crippen molar-refractivity contribution in [2.24, 2.45) is 9.98 Å². The van der Waals surface area contributed by atoms with Crippen molar-refractivity contribution in [2.45, 2.75) is 19.1 Å². The summed E-state index contributed by atoms with van der Waals surface area (Å²) in [6, 6.07) is -1.09. The van der Waals surface area contributed by atoms with Gasteiger partial charge in [0.15, 0.2) is 6.04 Å². The first-order valence-corrected chi connectivity index (χ1v) is 3.10. The summed E-state index contributed by atoms with van der Waals surface area (Å²) in [5.41, 5.74) is 0. The van der Waals surface area contributed by atoms with Crippen LogP contribution >= 0.6 is 0 Å². The van der Waals surface area contributed by atoms with Crippen molar-refractivity contribution in [1.29, 1.82) is 0 Å². The molecule has 0 aromatic rings. The Morgan fingerprint density at radius 1 is 1.73 bits per heavy atom. The van der Waals surface area contributed by atoms with Crippen LogP contribution in [0.5, 0.6) is 0 Å². The number of aliphatic carboxylic acids is 1. The fraction of sp³-hybridized carbons (Fsp3) is 0.500. The Balaban J connectivity index is 2.81. The van der Waals surface area contributed by atoms with Gasteiger partial charge in [0.2, 0.25) is 0 Å². The zero-order chi connectivity index (χ0) is 8.43. The number of carbonyl (C=O) groups is 1. The fourth-order valence-corrected chi connectivity index (χ4v) is 0.778. The molecule has 5 nitrogen and oxygen atoms in total. The average Bonchev–Trinajstić information content (AvgIpc) is 1.94. The van der Waals surface area contributed by atoms with E-state index in [4.69, 9.17) is 10.2 Å². The Morgan fingerprint density at radius 2 is 2.36 bits per heavy atom. The minimum Gasteiger partial charge on any atom is -0.480 e. The summed E-state index contributed by atoms with van der Waals surface area (Å²) in [5, 5.41) is 17.5. The van der Waals surface area contributed by atoms with Gasteiger partial charge in [-0.25, -0.2) is 9.79 Å².